The fraction of sp³-hybridized carbons (Fsp3) is 0.130. The molecule has 0 atom stereocenters. The number of hydrogen-bond acceptors (Lipinski definition) is 4. The van der Waals surface area contributed by atoms with Crippen molar-refractivity contribution in [3.05, 3.63) is 95.6 Å². The van der Waals surface area contributed by atoms with Crippen LogP contribution in [0.3, 0.4) is 0 Å². The second kappa shape index (κ2) is 9.37. The van der Waals surface area contributed by atoms with Crippen molar-refractivity contribution >= 4 is 17.6 Å². The molecule has 0 aliphatic heterocycles. The molecule has 0 aliphatic carbocycles. The number of amides is 1. The van der Waals surface area contributed by atoms with E-state index in [0.29, 0.717) is 35.8 Å². The predicted octanol–water partition coefficient (Wildman–Crippen LogP) is 4.69. The van der Waals surface area contributed by atoms with Crippen LogP contribution in [0.25, 0.3) is 0 Å². The normalized spacial score (nSPS) is 10.2. The van der Waals surface area contributed by atoms with Crippen LogP contribution < -0.4 is 10.1 Å². The lowest BCUT2D eigenvalue weighted by molar-refractivity contribution is 0.0526. The highest BCUT2D eigenvalue weighted by atomic mass is 16.5. The van der Waals surface area contributed by atoms with E-state index in [1.54, 1.807) is 49.4 Å². The van der Waals surface area contributed by atoms with Crippen LogP contribution in [0.15, 0.2) is 78.9 Å². The van der Waals surface area contributed by atoms with Gasteiger partial charge in [-0.25, -0.2) is 4.79 Å². The van der Waals surface area contributed by atoms with E-state index >= 15 is 0 Å². The molecule has 0 bridgehead atoms. The van der Waals surface area contributed by atoms with Crippen LogP contribution in [-0.4, -0.2) is 18.5 Å². The number of carbonyl (C=O) groups is 2. The lowest BCUT2D eigenvalue weighted by atomic mass is 10.1. The Morgan fingerprint density at radius 1 is 0.857 bits per heavy atom. The number of nitrogens with one attached hydrogen (secondary N) is 1. The molecule has 0 spiro atoms. The Hall–Kier alpha value is -3.60. The second-order valence-electron chi connectivity index (χ2n) is 6.05. The van der Waals surface area contributed by atoms with Crippen molar-refractivity contribution in [2.24, 2.45) is 0 Å². The van der Waals surface area contributed by atoms with E-state index in [0.717, 1.165) is 5.56 Å². The summed E-state index contributed by atoms with van der Waals surface area (Å²) < 4.78 is 10.7. The molecule has 0 heterocycles. The van der Waals surface area contributed by atoms with Crippen LogP contribution in [-0.2, 0) is 11.3 Å². The van der Waals surface area contributed by atoms with Crippen molar-refractivity contribution in [1.29, 1.82) is 0 Å². The Kier molecular flexibility index (Phi) is 6.41. The molecule has 5 nitrogen and oxygen atoms in total. The summed E-state index contributed by atoms with van der Waals surface area (Å²) in [5.41, 5.74) is 2.57. The lowest BCUT2D eigenvalue weighted by Gasteiger charge is -2.09. The van der Waals surface area contributed by atoms with Gasteiger partial charge in [-0.05, 0) is 55.0 Å². The summed E-state index contributed by atoms with van der Waals surface area (Å²) in [6.07, 6.45) is 0. The minimum atomic E-state index is -0.386. The predicted molar refractivity (Wildman–Crippen MR) is 108 cm³/mol. The van der Waals surface area contributed by atoms with Gasteiger partial charge in [0, 0.05) is 11.3 Å². The molecular formula is C23H21NO4. The molecule has 1 amide bonds. The number of carbonyl (C=O) groups excluding carboxylic acids is 2. The molecule has 3 rings (SSSR count). The molecule has 1 N–H and O–H groups in total. The first-order valence-corrected chi connectivity index (χ1v) is 9.01. The van der Waals surface area contributed by atoms with Crippen LogP contribution in [0.2, 0.25) is 0 Å². The van der Waals surface area contributed by atoms with Gasteiger partial charge in [-0.3, -0.25) is 4.79 Å². The van der Waals surface area contributed by atoms with Gasteiger partial charge >= 0.3 is 5.97 Å². The van der Waals surface area contributed by atoms with E-state index in [1.165, 1.54) is 0 Å². The average Bonchev–Trinajstić information content (AvgIpc) is 2.74. The summed E-state index contributed by atoms with van der Waals surface area (Å²) in [6.45, 7) is 2.51. The van der Waals surface area contributed by atoms with Crippen LogP contribution in [0.1, 0.15) is 33.2 Å². The van der Waals surface area contributed by atoms with Gasteiger partial charge in [0.05, 0.1) is 12.2 Å². The molecule has 3 aromatic carbocycles. The Labute approximate surface area is 163 Å². The zero-order chi connectivity index (χ0) is 19.8. The highest BCUT2D eigenvalue weighted by Gasteiger charge is 2.09. The molecule has 0 aromatic heterocycles. The molecule has 28 heavy (non-hydrogen) atoms. The fourth-order valence-electron chi connectivity index (χ4n) is 2.58. The highest BCUT2D eigenvalue weighted by molar-refractivity contribution is 6.04. The number of hydrogen-bond donors (Lipinski definition) is 1. The number of benzene rings is 3. The Morgan fingerprint density at radius 2 is 1.61 bits per heavy atom. The molecule has 0 saturated heterocycles. The number of esters is 1. The Bertz CT molecular complexity index is 936. The molecule has 3 aromatic rings. The maximum Gasteiger partial charge on any atom is 0.338 e. The fourth-order valence-corrected chi connectivity index (χ4v) is 2.58. The van der Waals surface area contributed by atoms with Crippen molar-refractivity contribution < 1.29 is 19.1 Å². The lowest BCUT2D eigenvalue weighted by Crippen LogP contribution is -2.12. The average molecular weight is 375 g/mol. The maximum atomic E-state index is 12.5. The Balaban J connectivity index is 1.62. The SMILES string of the molecule is CCOC(=O)c1ccc(NC(=O)c2cccc(OCc3ccccc3)c2)cc1. The molecular weight excluding hydrogens is 354 g/mol. The van der Waals surface area contributed by atoms with Crippen LogP contribution in [0, 0.1) is 0 Å². The van der Waals surface area contributed by atoms with Crippen LogP contribution in [0.5, 0.6) is 5.75 Å². The first kappa shape index (κ1) is 19.2. The van der Waals surface area contributed by atoms with E-state index in [4.69, 9.17) is 9.47 Å². The minimum Gasteiger partial charge on any atom is -0.489 e. The summed E-state index contributed by atoms with van der Waals surface area (Å²) in [6, 6.07) is 23.4. The van der Waals surface area contributed by atoms with Crippen LogP contribution in [0.4, 0.5) is 5.69 Å². The van der Waals surface area contributed by atoms with Gasteiger partial charge in [-0.15, -0.1) is 0 Å². The Morgan fingerprint density at radius 3 is 2.32 bits per heavy atom. The first-order chi connectivity index (χ1) is 13.7. The zero-order valence-electron chi connectivity index (χ0n) is 15.6. The monoisotopic (exact) mass is 375 g/mol. The third kappa shape index (κ3) is 5.20. The number of anilines is 1. The van der Waals surface area contributed by atoms with Crippen molar-refractivity contribution in [2.45, 2.75) is 13.5 Å². The summed E-state index contributed by atoms with van der Waals surface area (Å²) in [7, 11) is 0. The van der Waals surface area contributed by atoms with E-state index in [-0.39, 0.29) is 11.9 Å². The topological polar surface area (TPSA) is 64.6 Å². The first-order valence-electron chi connectivity index (χ1n) is 9.01. The van der Waals surface area contributed by atoms with Gasteiger partial charge < -0.3 is 14.8 Å². The largest absolute Gasteiger partial charge is 0.489 e. The quantitative estimate of drug-likeness (QED) is 0.608. The minimum absolute atomic E-state index is 0.256. The zero-order valence-corrected chi connectivity index (χ0v) is 15.6. The second-order valence-corrected chi connectivity index (χ2v) is 6.05. The van der Waals surface area contributed by atoms with Gasteiger partial charge in [-0.2, -0.15) is 0 Å². The number of ether oxygens (including phenoxy) is 2. The third-order valence-corrected chi connectivity index (χ3v) is 4.00. The van der Waals surface area contributed by atoms with Gasteiger partial charge in [0.1, 0.15) is 12.4 Å². The van der Waals surface area contributed by atoms with Gasteiger partial charge in [-0.1, -0.05) is 36.4 Å². The third-order valence-electron chi connectivity index (χ3n) is 4.00. The summed E-state index contributed by atoms with van der Waals surface area (Å²) >= 11 is 0. The van der Waals surface area contributed by atoms with Crippen molar-refractivity contribution in [2.75, 3.05) is 11.9 Å². The smallest absolute Gasteiger partial charge is 0.338 e. The van der Waals surface area contributed by atoms with Gasteiger partial charge in [0.2, 0.25) is 0 Å². The van der Waals surface area contributed by atoms with Crippen molar-refractivity contribution in [3.63, 3.8) is 0 Å². The molecule has 0 unspecified atom stereocenters. The van der Waals surface area contributed by atoms with Crippen molar-refractivity contribution in [1.82, 2.24) is 0 Å². The van der Waals surface area contributed by atoms with E-state index < -0.39 is 0 Å². The molecule has 0 fully saturated rings. The standard InChI is InChI=1S/C23H21NO4/c1-2-27-23(26)18-11-13-20(14-12-18)24-22(25)19-9-6-10-21(15-19)28-16-17-7-4-3-5-8-17/h3-15H,2,16H2,1H3,(H,24,25). The molecule has 142 valence electrons. The summed E-state index contributed by atoms with van der Waals surface area (Å²) in [5, 5.41) is 2.81. The summed E-state index contributed by atoms with van der Waals surface area (Å²) in [5.74, 6) is -0.0214. The van der Waals surface area contributed by atoms with E-state index in [9.17, 15) is 9.59 Å². The van der Waals surface area contributed by atoms with Gasteiger partial charge in [0.15, 0.2) is 0 Å². The maximum absolute atomic E-state index is 12.5. The van der Waals surface area contributed by atoms with Gasteiger partial charge in [0.25, 0.3) is 5.91 Å². The van der Waals surface area contributed by atoms with E-state index in [2.05, 4.69) is 5.32 Å². The van der Waals surface area contributed by atoms with Crippen molar-refractivity contribution in [3.8, 4) is 5.75 Å². The van der Waals surface area contributed by atoms with Crippen LogP contribution >= 0.6 is 0 Å². The van der Waals surface area contributed by atoms with E-state index in [1.807, 2.05) is 36.4 Å². The molecule has 0 radical (unpaired) electrons. The molecule has 0 saturated carbocycles. The molecule has 0 aliphatic rings. The number of rotatable bonds is 7. The molecule has 5 heteroatoms. The highest BCUT2D eigenvalue weighted by Crippen LogP contribution is 2.17. The summed E-state index contributed by atoms with van der Waals surface area (Å²) in [4.78, 5) is 24.2.